The summed E-state index contributed by atoms with van der Waals surface area (Å²) in [4.78, 5) is 8.88. The highest BCUT2D eigenvalue weighted by Gasteiger charge is 2.08. The lowest BCUT2D eigenvalue weighted by molar-refractivity contribution is 1.39. The fourth-order valence-electron chi connectivity index (χ4n) is 1.66. The van der Waals surface area contributed by atoms with Gasteiger partial charge in [-0.05, 0) is 30.3 Å². The molecule has 0 aliphatic rings. The highest BCUT2D eigenvalue weighted by atomic mass is 35.5. The van der Waals surface area contributed by atoms with Crippen LogP contribution in [0.25, 0.3) is 22.1 Å². The topological polar surface area (TPSA) is 25.8 Å². The van der Waals surface area contributed by atoms with Crippen LogP contribution in [0.2, 0.25) is 15.1 Å². The molecule has 17 heavy (non-hydrogen) atoms. The fourth-order valence-corrected chi connectivity index (χ4v) is 2.22. The minimum absolute atomic E-state index is 0.527. The van der Waals surface area contributed by atoms with E-state index in [0.29, 0.717) is 31.6 Å². The van der Waals surface area contributed by atoms with Crippen LogP contribution in [0.5, 0.6) is 0 Å². The molecule has 2 aromatic carbocycles. The van der Waals surface area contributed by atoms with Crippen molar-refractivity contribution in [2.24, 2.45) is 0 Å². The number of nitrogens with zero attached hydrogens (tertiary/aromatic N) is 2. The smallest absolute Gasteiger partial charge is 0.110 e. The summed E-state index contributed by atoms with van der Waals surface area (Å²) < 4.78 is 0. The van der Waals surface area contributed by atoms with Crippen molar-refractivity contribution in [2.45, 2.75) is 0 Å². The zero-order valence-corrected chi connectivity index (χ0v) is 10.7. The molecular weight excluding hydrogens is 279 g/mol. The minimum Gasteiger partial charge on any atom is -0.243 e. The summed E-state index contributed by atoms with van der Waals surface area (Å²) >= 11 is 18.1. The Morgan fingerprint density at radius 2 is 1.29 bits per heavy atom. The number of halogens is 3. The first kappa shape index (κ1) is 11.0. The van der Waals surface area contributed by atoms with Gasteiger partial charge in [0.05, 0.1) is 21.1 Å². The van der Waals surface area contributed by atoms with E-state index in [-0.39, 0.29) is 0 Å². The van der Waals surface area contributed by atoms with Crippen molar-refractivity contribution in [3.8, 4) is 0 Å². The molecule has 0 aliphatic heterocycles. The summed E-state index contributed by atoms with van der Waals surface area (Å²) in [7, 11) is 0. The van der Waals surface area contributed by atoms with Gasteiger partial charge < -0.3 is 0 Å². The first-order valence-corrected chi connectivity index (χ1v) is 5.99. The van der Waals surface area contributed by atoms with E-state index in [1.165, 1.54) is 0 Å². The van der Waals surface area contributed by atoms with Crippen molar-refractivity contribution < 1.29 is 0 Å². The van der Waals surface area contributed by atoms with E-state index in [1.54, 1.807) is 30.3 Å². The molecule has 1 aromatic heterocycles. The largest absolute Gasteiger partial charge is 0.243 e. The van der Waals surface area contributed by atoms with Crippen molar-refractivity contribution in [3.63, 3.8) is 0 Å². The lowest BCUT2D eigenvalue weighted by Gasteiger charge is -2.04. The van der Waals surface area contributed by atoms with Crippen LogP contribution < -0.4 is 0 Å². The quantitative estimate of drug-likeness (QED) is 0.557. The Bertz CT molecular complexity index is 740. The summed E-state index contributed by atoms with van der Waals surface area (Å²) in [5.74, 6) is 0. The maximum absolute atomic E-state index is 6.08. The number of hydrogen-bond donors (Lipinski definition) is 0. The Kier molecular flexibility index (Phi) is 2.58. The predicted octanol–water partition coefficient (Wildman–Crippen LogP) is 4.74. The Morgan fingerprint density at radius 3 is 1.94 bits per heavy atom. The van der Waals surface area contributed by atoms with Crippen molar-refractivity contribution in [1.29, 1.82) is 0 Å². The SMILES string of the molecule is Clc1ccc2nc3c(Cl)ccc(Cl)c3nc2c1. The number of rotatable bonds is 0. The van der Waals surface area contributed by atoms with Crippen LogP contribution in [0.15, 0.2) is 30.3 Å². The van der Waals surface area contributed by atoms with E-state index in [2.05, 4.69) is 9.97 Å². The van der Waals surface area contributed by atoms with E-state index < -0.39 is 0 Å². The Balaban J connectivity index is 2.52. The van der Waals surface area contributed by atoms with Gasteiger partial charge in [0.1, 0.15) is 11.0 Å². The molecule has 3 rings (SSSR count). The highest BCUT2D eigenvalue weighted by Crippen LogP contribution is 2.29. The second kappa shape index (κ2) is 3.98. The van der Waals surface area contributed by atoms with E-state index >= 15 is 0 Å². The van der Waals surface area contributed by atoms with Crippen molar-refractivity contribution >= 4 is 56.9 Å². The van der Waals surface area contributed by atoms with Crippen LogP contribution in [-0.4, -0.2) is 9.97 Å². The molecule has 0 saturated carbocycles. The van der Waals surface area contributed by atoms with Gasteiger partial charge in [-0.15, -0.1) is 0 Å². The van der Waals surface area contributed by atoms with Crippen LogP contribution >= 0.6 is 34.8 Å². The van der Waals surface area contributed by atoms with E-state index in [9.17, 15) is 0 Å². The molecule has 0 bridgehead atoms. The van der Waals surface area contributed by atoms with Crippen molar-refractivity contribution in [2.75, 3.05) is 0 Å². The minimum atomic E-state index is 0.527. The molecule has 0 atom stereocenters. The molecule has 0 radical (unpaired) electrons. The molecule has 5 heteroatoms. The Labute approximate surface area is 112 Å². The zero-order valence-electron chi connectivity index (χ0n) is 8.42. The second-order valence-electron chi connectivity index (χ2n) is 3.58. The van der Waals surface area contributed by atoms with Gasteiger partial charge in [-0.3, -0.25) is 0 Å². The number of hydrogen-bond acceptors (Lipinski definition) is 2. The number of fused-ring (bicyclic) bond motifs is 2. The second-order valence-corrected chi connectivity index (χ2v) is 4.83. The highest BCUT2D eigenvalue weighted by molar-refractivity contribution is 6.39. The predicted molar refractivity (Wildman–Crippen MR) is 72.1 cm³/mol. The lowest BCUT2D eigenvalue weighted by Crippen LogP contribution is -1.89. The maximum Gasteiger partial charge on any atom is 0.110 e. The normalized spacial score (nSPS) is 11.2. The molecule has 0 spiro atoms. The van der Waals surface area contributed by atoms with Gasteiger partial charge in [-0.1, -0.05) is 34.8 Å². The molecular formula is C12H5Cl3N2. The third kappa shape index (κ3) is 1.82. The van der Waals surface area contributed by atoms with Crippen LogP contribution in [0.3, 0.4) is 0 Å². The third-order valence-corrected chi connectivity index (χ3v) is 3.30. The van der Waals surface area contributed by atoms with E-state index in [4.69, 9.17) is 34.8 Å². The average Bonchev–Trinajstić information content (AvgIpc) is 2.32. The first-order valence-electron chi connectivity index (χ1n) is 4.86. The molecule has 0 N–H and O–H groups in total. The summed E-state index contributed by atoms with van der Waals surface area (Å²) in [5.41, 5.74) is 2.64. The average molecular weight is 284 g/mol. The van der Waals surface area contributed by atoms with Gasteiger partial charge in [0.2, 0.25) is 0 Å². The summed E-state index contributed by atoms with van der Waals surface area (Å²) in [6, 6.07) is 8.74. The molecule has 1 heterocycles. The van der Waals surface area contributed by atoms with Gasteiger partial charge in [-0.2, -0.15) is 0 Å². The van der Waals surface area contributed by atoms with Gasteiger partial charge in [0, 0.05) is 5.02 Å². The van der Waals surface area contributed by atoms with E-state index in [1.807, 2.05) is 0 Å². The van der Waals surface area contributed by atoms with Crippen molar-refractivity contribution in [3.05, 3.63) is 45.4 Å². The molecule has 0 aliphatic carbocycles. The lowest BCUT2D eigenvalue weighted by atomic mass is 10.2. The maximum atomic E-state index is 6.08. The van der Waals surface area contributed by atoms with Gasteiger partial charge in [0.15, 0.2) is 0 Å². The standard InChI is InChI=1S/C12H5Cl3N2/c13-6-1-4-9-10(5-6)17-12-8(15)3-2-7(14)11(12)16-9/h1-5H. The van der Waals surface area contributed by atoms with E-state index in [0.717, 1.165) is 5.52 Å². The van der Waals surface area contributed by atoms with Crippen LogP contribution in [0.1, 0.15) is 0 Å². The molecule has 0 fully saturated rings. The fraction of sp³-hybridized carbons (Fsp3) is 0. The summed E-state index contributed by atoms with van der Waals surface area (Å²) in [5, 5.41) is 1.68. The number of benzene rings is 2. The first-order chi connectivity index (χ1) is 8.15. The van der Waals surface area contributed by atoms with Crippen molar-refractivity contribution in [1.82, 2.24) is 9.97 Å². The zero-order chi connectivity index (χ0) is 12.0. The monoisotopic (exact) mass is 282 g/mol. The Morgan fingerprint density at radius 1 is 0.706 bits per heavy atom. The third-order valence-electron chi connectivity index (χ3n) is 2.45. The van der Waals surface area contributed by atoms with Gasteiger partial charge >= 0.3 is 0 Å². The molecule has 84 valence electrons. The molecule has 0 amide bonds. The summed E-state index contributed by atoms with van der Waals surface area (Å²) in [6.07, 6.45) is 0. The molecule has 3 aromatic rings. The summed E-state index contributed by atoms with van der Waals surface area (Å²) in [6.45, 7) is 0. The van der Waals surface area contributed by atoms with Gasteiger partial charge in [-0.25, -0.2) is 9.97 Å². The molecule has 2 nitrogen and oxygen atoms in total. The molecule has 0 saturated heterocycles. The molecule has 0 unspecified atom stereocenters. The van der Waals surface area contributed by atoms with Crippen LogP contribution in [0, 0.1) is 0 Å². The van der Waals surface area contributed by atoms with Crippen LogP contribution in [0.4, 0.5) is 0 Å². The van der Waals surface area contributed by atoms with Crippen LogP contribution in [-0.2, 0) is 0 Å². The van der Waals surface area contributed by atoms with Gasteiger partial charge in [0.25, 0.3) is 0 Å². The number of aromatic nitrogens is 2. The Hall–Kier alpha value is -1.09.